The Labute approximate surface area is 113 Å². The zero-order valence-corrected chi connectivity index (χ0v) is 11.0. The number of rotatable bonds is 2. The van der Waals surface area contributed by atoms with E-state index >= 15 is 0 Å². The molecule has 17 heavy (non-hydrogen) atoms. The Morgan fingerprint density at radius 3 is 1.35 bits per heavy atom. The van der Waals surface area contributed by atoms with Gasteiger partial charge in [0.05, 0.1) is 22.7 Å². The Morgan fingerprint density at radius 1 is 0.647 bits per heavy atom. The highest BCUT2D eigenvalue weighted by Crippen LogP contribution is 2.17. The SMILES string of the molecule is Clc1ccc(N=S=Nc2ccc(Cl)cc2)cc1. The highest BCUT2D eigenvalue weighted by atomic mass is 35.5. The second-order valence-corrected chi connectivity index (χ2v) is 4.62. The van der Waals surface area contributed by atoms with Crippen LogP contribution in [0.1, 0.15) is 0 Å². The summed E-state index contributed by atoms with van der Waals surface area (Å²) in [6.07, 6.45) is 0. The maximum absolute atomic E-state index is 5.77. The molecule has 0 N–H and O–H groups in total. The van der Waals surface area contributed by atoms with Crippen LogP contribution >= 0.6 is 23.2 Å². The van der Waals surface area contributed by atoms with Crippen molar-refractivity contribution in [3.05, 3.63) is 58.6 Å². The van der Waals surface area contributed by atoms with Crippen molar-refractivity contribution in [3.63, 3.8) is 0 Å². The molecule has 0 aliphatic carbocycles. The summed E-state index contributed by atoms with van der Waals surface area (Å²) in [6.45, 7) is 0. The zero-order chi connectivity index (χ0) is 12.1. The van der Waals surface area contributed by atoms with Crippen LogP contribution in [0.2, 0.25) is 10.0 Å². The molecule has 0 amide bonds. The number of hydrogen-bond donors (Lipinski definition) is 0. The average Bonchev–Trinajstić information content (AvgIpc) is 2.34. The van der Waals surface area contributed by atoms with E-state index in [1.807, 2.05) is 24.3 Å². The van der Waals surface area contributed by atoms with E-state index in [9.17, 15) is 0 Å². The van der Waals surface area contributed by atoms with Gasteiger partial charge in [0.25, 0.3) is 0 Å². The van der Waals surface area contributed by atoms with E-state index in [0.717, 1.165) is 22.7 Å². The molecule has 0 aliphatic heterocycles. The highest BCUT2D eigenvalue weighted by molar-refractivity contribution is 7.57. The Kier molecular flexibility index (Phi) is 4.31. The molecule has 0 saturated heterocycles. The summed E-state index contributed by atoms with van der Waals surface area (Å²) in [7, 11) is 0. The van der Waals surface area contributed by atoms with Crippen molar-refractivity contribution in [1.82, 2.24) is 0 Å². The summed E-state index contributed by atoms with van der Waals surface area (Å²) in [5, 5.41) is 1.40. The Hall–Kier alpha value is -1.16. The Balaban J connectivity index is 2.14. The second kappa shape index (κ2) is 5.96. The fraction of sp³-hybridized carbons (Fsp3) is 0. The van der Waals surface area contributed by atoms with Gasteiger partial charge in [0.15, 0.2) is 0 Å². The average molecular weight is 283 g/mol. The number of hydrogen-bond acceptors (Lipinski definition) is 2. The van der Waals surface area contributed by atoms with Crippen molar-refractivity contribution >= 4 is 45.9 Å². The van der Waals surface area contributed by atoms with Gasteiger partial charge in [-0.05, 0) is 48.5 Å². The molecule has 5 heteroatoms. The molecule has 2 aromatic carbocycles. The van der Waals surface area contributed by atoms with Crippen LogP contribution in [0.15, 0.2) is 57.3 Å². The first-order valence-electron chi connectivity index (χ1n) is 4.83. The molecule has 0 heterocycles. The molecule has 0 aliphatic rings. The molecule has 0 radical (unpaired) electrons. The van der Waals surface area contributed by atoms with Gasteiger partial charge in [0, 0.05) is 10.0 Å². The van der Waals surface area contributed by atoms with Crippen LogP contribution in [0.3, 0.4) is 0 Å². The van der Waals surface area contributed by atoms with Crippen LogP contribution < -0.4 is 0 Å². The molecule has 0 saturated carbocycles. The molecule has 0 fully saturated rings. The predicted molar refractivity (Wildman–Crippen MR) is 74.4 cm³/mol. The third-order valence-electron chi connectivity index (χ3n) is 1.95. The topological polar surface area (TPSA) is 24.7 Å². The van der Waals surface area contributed by atoms with Crippen LogP contribution in [0.25, 0.3) is 0 Å². The maximum atomic E-state index is 5.77. The minimum atomic E-state index is 0.698. The summed E-state index contributed by atoms with van der Waals surface area (Å²) >= 11 is 12.7. The summed E-state index contributed by atoms with van der Waals surface area (Å²) in [4.78, 5) is 0. The first-order valence-corrected chi connectivity index (χ1v) is 6.32. The van der Waals surface area contributed by atoms with Gasteiger partial charge >= 0.3 is 0 Å². The molecule has 2 aromatic rings. The maximum Gasteiger partial charge on any atom is 0.0776 e. The lowest BCUT2D eigenvalue weighted by Gasteiger charge is -1.91. The summed E-state index contributed by atoms with van der Waals surface area (Å²) in [5.41, 5.74) is 1.66. The largest absolute Gasteiger partial charge is 0.175 e. The standard InChI is InChI=1S/C12H8Cl2N2S/c13-9-1-5-11(6-2-9)15-17-16-12-7-3-10(14)4-8-12/h1-8H. The minimum Gasteiger partial charge on any atom is -0.175 e. The predicted octanol–water partition coefficient (Wildman–Crippen LogP) is 5.41. The third kappa shape index (κ3) is 3.97. The highest BCUT2D eigenvalue weighted by Gasteiger charge is 1.89. The van der Waals surface area contributed by atoms with Crippen LogP contribution in [-0.2, 0) is 11.4 Å². The molecule has 0 spiro atoms. The van der Waals surface area contributed by atoms with Crippen LogP contribution in [-0.4, -0.2) is 0 Å². The van der Waals surface area contributed by atoms with E-state index in [1.165, 1.54) is 0 Å². The van der Waals surface area contributed by atoms with E-state index in [-0.39, 0.29) is 0 Å². The number of benzene rings is 2. The van der Waals surface area contributed by atoms with E-state index in [4.69, 9.17) is 23.2 Å². The summed E-state index contributed by atoms with van der Waals surface area (Å²) in [6, 6.07) is 14.5. The molecule has 0 bridgehead atoms. The van der Waals surface area contributed by atoms with E-state index in [1.54, 1.807) is 24.3 Å². The van der Waals surface area contributed by atoms with Crippen LogP contribution in [0.4, 0.5) is 11.4 Å². The van der Waals surface area contributed by atoms with Gasteiger partial charge in [-0.3, -0.25) is 0 Å². The Morgan fingerprint density at radius 2 is 1.00 bits per heavy atom. The Bertz CT molecular complexity index is 509. The van der Waals surface area contributed by atoms with Crippen molar-refractivity contribution in [3.8, 4) is 0 Å². The van der Waals surface area contributed by atoms with Gasteiger partial charge in [0.2, 0.25) is 0 Å². The summed E-state index contributed by atoms with van der Waals surface area (Å²) < 4.78 is 8.45. The van der Waals surface area contributed by atoms with Gasteiger partial charge in [-0.2, -0.15) is 8.73 Å². The minimum absolute atomic E-state index is 0.698. The molecule has 0 aromatic heterocycles. The van der Waals surface area contributed by atoms with Crippen LogP contribution in [0, 0.1) is 0 Å². The molecule has 0 unspecified atom stereocenters. The van der Waals surface area contributed by atoms with Gasteiger partial charge in [-0.1, -0.05) is 23.2 Å². The smallest absolute Gasteiger partial charge is 0.0776 e. The normalized spacial score (nSPS) is 9.76. The van der Waals surface area contributed by atoms with Gasteiger partial charge in [-0.15, -0.1) is 0 Å². The van der Waals surface area contributed by atoms with Crippen molar-refractivity contribution in [2.45, 2.75) is 0 Å². The van der Waals surface area contributed by atoms with Crippen molar-refractivity contribution < 1.29 is 0 Å². The van der Waals surface area contributed by atoms with E-state index < -0.39 is 0 Å². The van der Waals surface area contributed by atoms with Gasteiger partial charge < -0.3 is 0 Å². The molecule has 86 valence electrons. The fourth-order valence-corrected chi connectivity index (χ4v) is 1.84. The van der Waals surface area contributed by atoms with Gasteiger partial charge in [0.1, 0.15) is 0 Å². The van der Waals surface area contributed by atoms with E-state index in [2.05, 4.69) is 8.73 Å². The van der Waals surface area contributed by atoms with Crippen molar-refractivity contribution in [2.24, 2.45) is 8.73 Å². The third-order valence-corrected chi connectivity index (χ3v) is 3.03. The number of nitrogens with zero attached hydrogens (tertiary/aromatic N) is 2. The monoisotopic (exact) mass is 282 g/mol. The van der Waals surface area contributed by atoms with Crippen LogP contribution in [0.5, 0.6) is 0 Å². The molecular weight excluding hydrogens is 275 g/mol. The lowest BCUT2D eigenvalue weighted by molar-refractivity contribution is 1.54. The molecular formula is C12H8Cl2N2S. The van der Waals surface area contributed by atoms with Crippen molar-refractivity contribution in [2.75, 3.05) is 0 Å². The van der Waals surface area contributed by atoms with Gasteiger partial charge in [-0.25, -0.2) is 0 Å². The molecule has 0 atom stereocenters. The first kappa shape index (κ1) is 12.3. The number of halogens is 2. The second-order valence-electron chi connectivity index (χ2n) is 3.22. The summed E-state index contributed by atoms with van der Waals surface area (Å²) in [5.74, 6) is 0. The first-order chi connectivity index (χ1) is 8.24. The molecule has 2 nitrogen and oxygen atoms in total. The lowest BCUT2D eigenvalue weighted by atomic mass is 10.3. The quantitative estimate of drug-likeness (QED) is 0.704. The fourth-order valence-electron chi connectivity index (χ4n) is 1.12. The van der Waals surface area contributed by atoms with E-state index in [0.29, 0.717) is 10.0 Å². The molecule has 2 rings (SSSR count). The lowest BCUT2D eigenvalue weighted by Crippen LogP contribution is -1.64. The van der Waals surface area contributed by atoms with Crippen molar-refractivity contribution in [1.29, 1.82) is 0 Å². The zero-order valence-electron chi connectivity index (χ0n) is 8.68.